The maximum absolute atomic E-state index is 12.9. The fourth-order valence-corrected chi connectivity index (χ4v) is 2.98. The molecule has 1 aromatic carbocycles. The van der Waals surface area contributed by atoms with Crippen LogP contribution in [0.5, 0.6) is 5.75 Å². The van der Waals surface area contributed by atoms with Crippen molar-refractivity contribution in [3.8, 4) is 5.75 Å². The number of piperazine rings is 1. The SMILES string of the molecule is COc1ccccc1C1CNCCN1C(=O)c1cc(C(N)=O)c[nH]1.Cl. The third-order valence-electron chi connectivity index (χ3n) is 4.20. The molecule has 1 saturated heterocycles. The van der Waals surface area contributed by atoms with E-state index >= 15 is 0 Å². The predicted octanol–water partition coefficient (Wildman–Crippen LogP) is 1.33. The average Bonchev–Trinajstić information content (AvgIpc) is 3.11. The van der Waals surface area contributed by atoms with Gasteiger partial charge in [-0.25, -0.2) is 0 Å². The molecule has 0 spiro atoms. The van der Waals surface area contributed by atoms with Crippen molar-refractivity contribution in [3.63, 3.8) is 0 Å². The van der Waals surface area contributed by atoms with Gasteiger partial charge in [-0.2, -0.15) is 0 Å². The number of methoxy groups -OCH3 is 1. The number of halogens is 1. The molecule has 134 valence electrons. The molecule has 1 fully saturated rings. The van der Waals surface area contributed by atoms with Crippen LogP contribution in [0.1, 0.15) is 32.5 Å². The number of H-pyrrole nitrogens is 1. The Morgan fingerprint density at radius 3 is 2.76 bits per heavy atom. The van der Waals surface area contributed by atoms with Gasteiger partial charge in [-0.1, -0.05) is 18.2 Å². The summed E-state index contributed by atoms with van der Waals surface area (Å²) in [5, 5.41) is 3.31. The molecule has 1 aliphatic heterocycles. The number of aromatic amines is 1. The molecule has 1 atom stereocenters. The summed E-state index contributed by atoms with van der Waals surface area (Å²) in [6.45, 7) is 1.91. The molecule has 25 heavy (non-hydrogen) atoms. The lowest BCUT2D eigenvalue weighted by Gasteiger charge is -2.36. The van der Waals surface area contributed by atoms with Gasteiger partial charge in [0.05, 0.1) is 18.7 Å². The molecule has 7 nitrogen and oxygen atoms in total. The number of amides is 2. The molecule has 2 heterocycles. The highest BCUT2D eigenvalue weighted by Gasteiger charge is 2.31. The van der Waals surface area contributed by atoms with Gasteiger partial charge in [0.2, 0.25) is 5.91 Å². The zero-order valence-corrected chi connectivity index (χ0v) is 14.6. The topological polar surface area (TPSA) is 100 Å². The summed E-state index contributed by atoms with van der Waals surface area (Å²) in [6.07, 6.45) is 1.45. The highest BCUT2D eigenvalue weighted by Crippen LogP contribution is 2.31. The van der Waals surface area contributed by atoms with Gasteiger partial charge in [-0.3, -0.25) is 9.59 Å². The number of nitrogens with two attached hydrogens (primary N) is 1. The van der Waals surface area contributed by atoms with Crippen LogP contribution in [0.2, 0.25) is 0 Å². The van der Waals surface area contributed by atoms with Gasteiger partial charge >= 0.3 is 0 Å². The number of nitrogens with zero attached hydrogens (tertiary/aromatic N) is 1. The van der Waals surface area contributed by atoms with Crippen molar-refractivity contribution in [2.45, 2.75) is 6.04 Å². The zero-order valence-electron chi connectivity index (χ0n) is 13.8. The summed E-state index contributed by atoms with van der Waals surface area (Å²) in [5.41, 5.74) is 6.84. The van der Waals surface area contributed by atoms with E-state index in [9.17, 15) is 9.59 Å². The molecule has 0 radical (unpaired) electrons. The van der Waals surface area contributed by atoms with E-state index in [0.717, 1.165) is 11.3 Å². The number of carbonyl (C=O) groups is 2. The second-order valence-corrected chi connectivity index (χ2v) is 5.63. The highest BCUT2D eigenvalue weighted by molar-refractivity contribution is 5.98. The number of aromatic nitrogens is 1. The quantitative estimate of drug-likeness (QED) is 0.761. The molecule has 1 aliphatic rings. The van der Waals surface area contributed by atoms with Gasteiger partial charge in [0, 0.05) is 31.4 Å². The third kappa shape index (κ3) is 3.78. The summed E-state index contributed by atoms with van der Waals surface area (Å²) in [6, 6.07) is 9.01. The zero-order chi connectivity index (χ0) is 17.1. The molecule has 3 rings (SSSR count). The van der Waals surface area contributed by atoms with Crippen LogP contribution in [-0.2, 0) is 0 Å². The normalized spacial score (nSPS) is 16.8. The Hall–Kier alpha value is -2.51. The molecule has 0 saturated carbocycles. The van der Waals surface area contributed by atoms with Crippen LogP contribution in [0.3, 0.4) is 0 Å². The molecular formula is C17H21ClN4O3. The minimum Gasteiger partial charge on any atom is -0.496 e. The molecule has 4 N–H and O–H groups in total. The first-order valence-electron chi connectivity index (χ1n) is 7.74. The number of rotatable bonds is 4. The van der Waals surface area contributed by atoms with Crippen molar-refractivity contribution in [2.24, 2.45) is 5.73 Å². The van der Waals surface area contributed by atoms with Gasteiger partial charge in [-0.15, -0.1) is 12.4 Å². The third-order valence-corrected chi connectivity index (χ3v) is 4.20. The Kier molecular flexibility index (Phi) is 6.06. The van der Waals surface area contributed by atoms with Crippen molar-refractivity contribution in [1.29, 1.82) is 0 Å². The molecule has 2 amide bonds. The van der Waals surface area contributed by atoms with Crippen LogP contribution in [0.15, 0.2) is 36.5 Å². The number of ether oxygens (including phenoxy) is 1. The molecule has 1 aromatic heterocycles. The van der Waals surface area contributed by atoms with Gasteiger partial charge in [0.1, 0.15) is 11.4 Å². The van der Waals surface area contributed by atoms with E-state index in [1.165, 1.54) is 12.3 Å². The number of hydrogen-bond acceptors (Lipinski definition) is 4. The second-order valence-electron chi connectivity index (χ2n) is 5.63. The smallest absolute Gasteiger partial charge is 0.270 e. The molecule has 1 unspecified atom stereocenters. The molecule has 0 bridgehead atoms. The molecule has 2 aromatic rings. The van der Waals surface area contributed by atoms with E-state index in [1.54, 1.807) is 12.0 Å². The van der Waals surface area contributed by atoms with Crippen LogP contribution in [0, 0.1) is 0 Å². The van der Waals surface area contributed by atoms with Gasteiger partial charge in [0.25, 0.3) is 5.91 Å². The van der Waals surface area contributed by atoms with Crippen LogP contribution in [0.4, 0.5) is 0 Å². The number of nitrogens with one attached hydrogen (secondary N) is 2. The predicted molar refractivity (Wildman–Crippen MR) is 96.2 cm³/mol. The van der Waals surface area contributed by atoms with Crippen molar-refractivity contribution in [1.82, 2.24) is 15.2 Å². The van der Waals surface area contributed by atoms with Crippen molar-refractivity contribution in [3.05, 3.63) is 53.3 Å². The summed E-state index contributed by atoms with van der Waals surface area (Å²) in [5.74, 6) is 0.0140. The first-order chi connectivity index (χ1) is 11.6. The Balaban J connectivity index is 0.00000225. The summed E-state index contributed by atoms with van der Waals surface area (Å²) < 4.78 is 5.43. The summed E-state index contributed by atoms with van der Waals surface area (Å²) in [4.78, 5) is 28.8. The fraction of sp³-hybridized carbons (Fsp3) is 0.294. The lowest BCUT2D eigenvalue weighted by molar-refractivity contribution is 0.0626. The highest BCUT2D eigenvalue weighted by atomic mass is 35.5. The van der Waals surface area contributed by atoms with E-state index in [-0.39, 0.29) is 24.4 Å². The van der Waals surface area contributed by atoms with Gasteiger partial charge < -0.3 is 25.7 Å². The fourth-order valence-electron chi connectivity index (χ4n) is 2.98. The van der Waals surface area contributed by atoms with E-state index in [0.29, 0.717) is 30.9 Å². The van der Waals surface area contributed by atoms with Crippen molar-refractivity contribution in [2.75, 3.05) is 26.7 Å². The Morgan fingerprint density at radius 2 is 2.08 bits per heavy atom. The first-order valence-corrected chi connectivity index (χ1v) is 7.74. The Morgan fingerprint density at radius 1 is 1.32 bits per heavy atom. The number of hydrogen-bond donors (Lipinski definition) is 3. The number of para-hydroxylation sites is 1. The Bertz CT molecular complexity index is 762. The number of benzene rings is 1. The van der Waals surface area contributed by atoms with Gasteiger partial charge in [-0.05, 0) is 12.1 Å². The lowest BCUT2D eigenvalue weighted by atomic mass is 10.0. The molecule has 0 aliphatic carbocycles. The first kappa shape index (κ1) is 18.8. The standard InChI is InChI=1S/C17H20N4O3.ClH/c1-24-15-5-3-2-4-12(15)14-10-19-6-7-21(14)17(23)13-8-11(9-20-13)16(18)22;/h2-5,8-9,14,19-20H,6-7,10H2,1H3,(H2,18,22);1H. The minimum absolute atomic E-state index is 0. The van der Waals surface area contributed by atoms with E-state index in [2.05, 4.69) is 10.3 Å². The lowest BCUT2D eigenvalue weighted by Crippen LogP contribution is -2.48. The molecular weight excluding hydrogens is 344 g/mol. The van der Waals surface area contributed by atoms with E-state index < -0.39 is 5.91 Å². The molecule has 8 heteroatoms. The maximum Gasteiger partial charge on any atom is 0.270 e. The van der Waals surface area contributed by atoms with E-state index in [4.69, 9.17) is 10.5 Å². The Labute approximate surface area is 151 Å². The van der Waals surface area contributed by atoms with Crippen molar-refractivity contribution >= 4 is 24.2 Å². The van der Waals surface area contributed by atoms with Crippen molar-refractivity contribution < 1.29 is 14.3 Å². The average molecular weight is 365 g/mol. The minimum atomic E-state index is -0.563. The van der Waals surface area contributed by atoms with Crippen LogP contribution < -0.4 is 15.8 Å². The van der Waals surface area contributed by atoms with Gasteiger partial charge in [0.15, 0.2) is 0 Å². The maximum atomic E-state index is 12.9. The monoisotopic (exact) mass is 364 g/mol. The summed E-state index contributed by atoms with van der Waals surface area (Å²) in [7, 11) is 1.62. The number of carbonyl (C=O) groups excluding carboxylic acids is 2. The van der Waals surface area contributed by atoms with Crippen LogP contribution >= 0.6 is 12.4 Å². The summed E-state index contributed by atoms with van der Waals surface area (Å²) >= 11 is 0. The van der Waals surface area contributed by atoms with Crippen LogP contribution in [0.25, 0.3) is 0 Å². The second kappa shape index (κ2) is 8.04. The van der Waals surface area contributed by atoms with Crippen LogP contribution in [-0.4, -0.2) is 48.4 Å². The number of primary amides is 1. The van der Waals surface area contributed by atoms with E-state index in [1.807, 2.05) is 24.3 Å². The largest absolute Gasteiger partial charge is 0.496 e.